The maximum Gasteiger partial charge on any atom is 0.144 e. The van der Waals surface area contributed by atoms with Gasteiger partial charge in [0.05, 0.1) is 34.3 Å². The van der Waals surface area contributed by atoms with Crippen LogP contribution in [-0.4, -0.2) is 41.0 Å². The van der Waals surface area contributed by atoms with Gasteiger partial charge in [0.15, 0.2) is 0 Å². The Kier molecular flexibility index (Phi) is 5.77. The van der Waals surface area contributed by atoms with Crippen molar-refractivity contribution in [3.63, 3.8) is 0 Å². The van der Waals surface area contributed by atoms with E-state index in [1.54, 1.807) is 19.2 Å². The zero-order valence-electron chi connectivity index (χ0n) is 20.0. The predicted molar refractivity (Wildman–Crippen MR) is 136 cm³/mol. The third-order valence-corrected chi connectivity index (χ3v) is 7.02. The van der Waals surface area contributed by atoms with E-state index in [0.717, 1.165) is 65.6 Å². The van der Waals surface area contributed by atoms with Crippen LogP contribution in [0, 0.1) is 18.7 Å². The topological polar surface area (TPSA) is 111 Å². The molecular formula is C27H27FN8. The summed E-state index contributed by atoms with van der Waals surface area (Å²) in [5.41, 5.74) is 12.7. The summed E-state index contributed by atoms with van der Waals surface area (Å²) in [7, 11) is 0. The van der Waals surface area contributed by atoms with E-state index in [1.807, 2.05) is 35.3 Å². The molecule has 0 amide bonds. The molecule has 1 fully saturated rings. The first-order chi connectivity index (χ1) is 17.5. The van der Waals surface area contributed by atoms with Gasteiger partial charge < -0.3 is 5.73 Å². The first kappa shape index (κ1) is 22.5. The second kappa shape index (κ2) is 9.23. The SMILES string of the molecule is Cc1nc(-c2n[nH]cc2-c2ccc3ncc(-c4cnn(CC5CCC(N)CC5)c4)cc3n2)ccc1F. The lowest BCUT2D eigenvalue weighted by molar-refractivity contribution is 0.286. The minimum Gasteiger partial charge on any atom is -0.328 e. The van der Waals surface area contributed by atoms with Crippen molar-refractivity contribution >= 4 is 11.0 Å². The summed E-state index contributed by atoms with van der Waals surface area (Å²) in [4.78, 5) is 13.9. The lowest BCUT2D eigenvalue weighted by atomic mass is 9.86. The van der Waals surface area contributed by atoms with E-state index in [0.29, 0.717) is 29.0 Å². The normalized spacial score (nSPS) is 18.1. The fraction of sp³-hybridized carbons (Fsp3) is 0.296. The van der Waals surface area contributed by atoms with E-state index in [2.05, 4.69) is 31.5 Å². The molecule has 0 aliphatic heterocycles. The van der Waals surface area contributed by atoms with E-state index in [1.165, 1.54) is 6.07 Å². The van der Waals surface area contributed by atoms with E-state index in [-0.39, 0.29) is 5.82 Å². The highest BCUT2D eigenvalue weighted by Gasteiger charge is 2.19. The number of nitrogens with zero attached hydrogens (tertiary/aromatic N) is 6. The van der Waals surface area contributed by atoms with Crippen LogP contribution < -0.4 is 5.73 Å². The molecule has 0 radical (unpaired) electrons. The number of aromatic nitrogens is 7. The number of halogens is 1. The number of nitrogens with one attached hydrogen (secondary N) is 1. The van der Waals surface area contributed by atoms with Gasteiger partial charge in [-0.25, -0.2) is 14.4 Å². The number of aromatic amines is 1. The van der Waals surface area contributed by atoms with Crippen molar-refractivity contribution in [1.29, 1.82) is 0 Å². The van der Waals surface area contributed by atoms with Gasteiger partial charge in [-0.3, -0.25) is 14.8 Å². The molecule has 0 spiro atoms. The largest absolute Gasteiger partial charge is 0.328 e. The molecule has 0 atom stereocenters. The van der Waals surface area contributed by atoms with Gasteiger partial charge in [-0.05, 0) is 68.9 Å². The summed E-state index contributed by atoms with van der Waals surface area (Å²) < 4.78 is 15.8. The van der Waals surface area contributed by atoms with E-state index < -0.39 is 0 Å². The van der Waals surface area contributed by atoms with Gasteiger partial charge in [0.25, 0.3) is 0 Å². The Labute approximate surface area is 207 Å². The second-order valence-corrected chi connectivity index (χ2v) is 9.60. The third kappa shape index (κ3) is 4.37. The van der Waals surface area contributed by atoms with Crippen molar-refractivity contribution in [3.05, 3.63) is 66.6 Å². The number of fused-ring (bicyclic) bond motifs is 1. The Hall–Kier alpha value is -3.98. The summed E-state index contributed by atoms with van der Waals surface area (Å²) in [6.45, 7) is 2.55. The van der Waals surface area contributed by atoms with Crippen LogP contribution in [-0.2, 0) is 6.54 Å². The molecule has 9 heteroatoms. The van der Waals surface area contributed by atoms with Crippen molar-refractivity contribution < 1.29 is 4.39 Å². The van der Waals surface area contributed by atoms with E-state index in [9.17, 15) is 4.39 Å². The smallest absolute Gasteiger partial charge is 0.144 e. The summed E-state index contributed by atoms with van der Waals surface area (Å²) >= 11 is 0. The van der Waals surface area contributed by atoms with Crippen LogP contribution >= 0.6 is 0 Å². The number of aryl methyl sites for hydroxylation is 1. The standard InChI is InChI=1S/C27H27FN8/c1-16-22(28)6-7-25(33-16)27-21(13-31-35-27)23-8-9-24-26(34-23)10-18(11-30-24)19-12-32-36(15-19)14-17-2-4-20(29)5-3-17/h6-13,15,17,20H,2-5,14,29H2,1H3,(H,31,35). The Balaban J connectivity index is 1.28. The molecule has 0 unspecified atom stereocenters. The van der Waals surface area contributed by atoms with Crippen LogP contribution in [0.3, 0.4) is 0 Å². The number of hydrogen-bond donors (Lipinski definition) is 2. The third-order valence-electron chi connectivity index (χ3n) is 7.02. The number of nitrogens with two attached hydrogens (primary N) is 1. The van der Waals surface area contributed by atoms with Crippen LogP contribution in [0.2, 0.25) is 0 Å². The average Bonchev–Trinajstić information content (AvgIpc) is 3.57. The Morgan fingerprint density at radius 3 is 2.67 bits per heavy atom. The molecule has 0 aromatic carbocycles. The number of pyridine rings is 3. The van der Waals surface area contributed by atoms with Crippen LogP contribution in [0.1, 0.15) is 31.4 Å². The molecule has 6 rings (SSSR count). The monoisotopic (exact) mass is 482 g/mol. The molecule has 8 nitrogen and oxygen atoms in total. The summed E-state index contributed by atoms with van der Waals surface area (Å²) in [5.74, 6) is 0.282. The molecule has 3 N–H and O–H groups in total. The average molecular weight is 483 g/mol. The zero-order valence-corrected chi connectivity index (χ0v) is 20.0. The molecule has 182 valence electrons. The molecule has 1 saturated carbocycles. The first-order valence-electron chi connectivity index (χ1n) is 12.3. The van der Waals surface area contributed by atoms with Crippen molar-refractivity contribution in [2.45, 2.75) is 45.2 Å². The van der Waals surface area contributed by atoms with Crippen molar-refractivity contribution in [3.8, 4) is 33.8 Å². The van der Waals surface area contributed by atoms with Crippen molar-refractivity contribution in [2.24, 2.45) is 11.7 Å². The van der Waals surface area contributed by atoms with E-state index in [4.69, 9.17) is 10.7 Å². The highest BCUT2D eigenvalue weighted by atomic mass is 19.1. The minimum absolute atomic E-state index is 0.328. The molecule has 5 heterocycles. The molecule has 1 aliphatic carbocycles. The van der Waals surface area contributed by atoms with Gasteiger partial charge in [-0.2, -0.15) is 10.2 Å². The van der Waals surface area contributed by atoms with Crippen molar-refractivity contribution in [2.75, 3.05) is 0 Å². The molecule has 1 aliphatic rings. The van der Waals surface area contributed by atoms with Crippen LogP contribution in [0.5, 0.6) is 0 Å². The Bertz CT molecular complexity index is 1530. The summed E-state index contributed by atoms with van der Waals surface area (Å²) in [6, 6.07) is 9.27. The Morgan fingerprint density at radius 1 is 1.00 bits per heavy atom. The lowest BCUT2D eigenvalue weighted by Crippen LogP contribution is -2.28. The number of hydrogen-bond acceptors (Lipinski definition) is 6. The maximum absolute atomic E-state index is 13.7. The second-order valence-electron chi connectivity index (χ2n) is 9.60. The quantitative estimate of drug-likeness (QED) is 0.368. The fourth-order valence-electron chi connectivity index (χ4n) is 4.92. The molecule has 36 heavy (non-hydrogen) atoms. The van der Waals surface area contributed by atoms with Gasteiger partial charge >= 0.3 is 0 Å². The van der Waals surface area contributed by atoms with Gasteiger partial charge in [0, 0.05) is 47.9 Å². The summed E-state index contributed by atoms with van der Waals surface area (Å²) in [5, 5.41) is 11.8. The Morgan fingerprint density at radius 2 is 1.83 bits per heavy atom. The minimum atomic E-state index is -0.343. The van der Waals surface area contributed by atoms with Gasteiger partial charge in [0.2, 0.25) is 0 Å². The van der Waals surface area contributed by atoms with Crippen LogP contribution in [0.25, 0.3) is 44.8 Å². The van der Waals surface area contributed by atoms with Crippen LogP contribution in [0.4, 0.5) is 4.39 Å². The molecule has 5 aromatic heterocycles. The number of rotatable bonds is 5. The van der Waals surface area contributed by atoms with Gasteiger partial charge in [-0.15, -0.1) is 0 Å². The number of H-pyrrole nitrogens is 1. The zero-order chi connectivity index (χ0) is 24.6. The molecule has 0 saturated heterocycles. The van der Waals surface area contributed by atoms with Gasteiger partial charge in [0.1, 0.15) is 11.5 Å². The highest BCUT2D eigenvalue weighted by molar-refractivity contribution is 5.84. The predicted octanol–water partition coefficient (Wildman–Crippen LogP) is 4.91. The molecule has 0 bridgehead atoms. The van der Waals surface area contributed by atoms with Crippen LogP contribution in [0.15, 0.2) is 55.1 Å². The lowest BCUT2D eigenvalue weighted by Gasteiger charge is -2.25. The molecule has 5 aromatic rings. The van der Waals surface area contributed by atoms with Gasteiger partial charge in [-0.1, -0.05) is 0 Å². The molecular weight excluding hydrogens is 455 g/mol. The van der Waals surface area contributed by atoms with E-state index >= 15 is 0 Å². The first-order valence-corrected chi connectivity index (χ1v) is 12.3. The summed E-state index contributed by atoms with van der Waals surface area (Å²) in [6.07, 6.45) is 12.1. The maximum atomic E-state index is 13.7. The highest BCUT2D eigenvalue weighted by Crippen LogP contribution is 2.31. The fourth-order valence-corrected chi connectivity index (χ4v) is 4.92. The van der Waals surface area contributed by atoms with Crippen molar-refractivity contribution in [1.82, 2.24) is 34.9 Å².